The van der Waals surface area contributed by atoms with Gasteiger partial charge in [0.1, 0.15) is 11.3 Å². The van der Waals surface area contributed by atoms with E-state index < -0.39 is 22.8 Å². The zero-order chi connectivity index (χ0) is 21.1. The van der Waals surface area contributed by atoms with Gasteiger partial charge in [0.25, 0.3) is 11.6 Å². The van der Waals surface area contributed by atoms with Crippen LogP contribution in [0, 0.1) is 10.1 Å². The Morgan fingerprint density at radius 2 is 1.86 bits per heavy atom. The molecular weight excluding hydrogens is 376 g/mol. The Hall–Kier alpha value is -3.68. The Kier molecular flexibility index (Phi) is 5.63. The Morgan fingerprint density at radius 1 is 1.17 bits per heavy atom. The van der Waals surface area contributed by atoms with E-state index in [1.165, 1.54) is 11.0 Å². The van der Waals surface area contributed by atoms with Gasteiger partial charge in [-0.2, -0.15) is 0 Å². The average molecular weight is 396 g/mol. The molecule has 150 valence electrons. The van der Waals surface area contributed by atoms with Crippen molar-refractivity contribution in [1.82, 2.24) is 4.90 Å². The van der Waals surface area contributed by atoms with Crippen LogP contribution in [0.2, 0.25) is 0 Å². The molecule has 3 rings (SSSR count). The van der Waals surface area contributed by atoms with Crippen molar-refractivity contribution in [2.75, 3.05) is 13.7 Å². The van der Waals surface area contributed by atoms with Crippen molar-refractivity contribution in [3.63, 3.8) is 0 Å². The molecule has 2 aromatic carbocycles. The minimum Gasteiger partial charge on any atom is -0.462 e. The lowest BCUT2D eigenvalue weighted by molar-refractivity contribution is -0.384. The van der Waals surface area contributed by atoms with E-state index in [9.17, 15) is 19.7 Å². The van der Waals surface area contributed by atoms with Gasteiger partial charge in [-0.25, -0.2) is 4.79 Å². The summed E-state index contributed by atoms with van der Waals surface area (Å²) in [7, 11) is 1.57. The number of hydrogen-bond acceptors (Lipinski definition) is 6. The van der Waals surface area contributed by atoms with Gasteiger partial charge in [0.05, 0.1) is 23.1 Å². The van der Waals surface area contributed by atoms with E-state index >= 15 is 0 Å². The fraction of sp³-hybridized carbons (Fsp3) is 0.238. The quantitative estimate of drug-likeness (QED) is 0.349. The van der Waals surface area contributed by atoms with Crippen LogP contribution in [-0.4, -0.2) is 35.4 Å². The number of benzene rings is 2. The number of hydrogen-bond donors (Lipinski definition) is 0. The molecule has 0 spiro atoms. The monoisotopic (exact) mass is 396 g/mol. The van der Waals surface area contributed by atoms with Gasteiger partial charge >= 0.3 is 5.97 Å². The van der Waals surface area contributed by atoms with Crippen molar-refractivity contribution in [2.45, 2.75) is 19.9 Å². The fourth-order valence-corrected chi connectivity index (χ4v) is 2.95. The number of non-ortho nitro benzene ring substituents is 1. The largest absolute Gasteiger partial charge is 0.462 e. The van der Waals surface area contributed by atoms with Crippen molar-refractivity contribution >= 4 is 28.5 Å². The SMILES string of the molecule is CCOC(=O)c1cc(C(=O)N(C)C(C)c2cc3ccccc3o2)cc([N+](=O)[O-])c1. The smallest absolute Gasteiger partial charge is 0.338 e. The van der Waals surface area contributed by atoms with Crippen LogP contribution >= 0.6 is 0 Å². The summed E-state index contributed by atoms with van der Waals surface area (Å²) in [5.74, 6) is -0.622. The maximum Gasteiger partial charge on any atom is 0.338 e. The van der Waals surface area contributed by atoms with Crippen LogP contribution in [0.5, 0.6) is 0 Å². The van der Waals surface area contributed by atoms with Crippen molar-refractivity contribution in [1.29, 1.82) is 0 Å². The number of ether oxygens (including phenoxy) is 1. The first-order valence-corrected chi connectivity index (χ1v) is 9.04. The molecule has 0 aliphatic rings. The molecule has 1 aromatic heterocycles. The van der Waals surface area contributed by atoms with Crippen molar-refractivity contribution in [3.05, 3.63) is 75.5 Å². The van der Waals surface area contributed by atoms with Gasteiger partial charge < -0.3 is 14.1 Å². The topological polar surface area (TPSA) is 103 Å². The first-order chi connectivity index (χ1) is 13.8. The molecule has 1 amide bonds. The lowest BCUT2D eigenvalue weighted by atomic mass is 10.1. The molecule has 29 heavy (non-hydrogen) atoms. The molecule has 0 aliphatic carbocycles. The van der Waals surface area contributed by atoms with Gasteiger partial charge in [-0.05, 0) is 32.0 Å². The molecule has 8 heteroatoms. The Bertz CT molecular complexity index is 1050. The number of para-hydroxylation sites is 1. The molecule has 0 aliphatic heterocycles. The molecule has 0 N–H and O–H groups in total. The molecular formula is C21H20N2O6. The number of nitrogens with zero attached hydrogens (tertiary/aromatic N) is 2. The molecule has 0 fully saturated rings. The number of carbonyl (C=O) groups excluding carboxylic acids is 2. The maximum atomic E-state index is 13.0. The predicted molar refractivity (Wildman–Crippen MR) is 106 cm³/mol. The highest BCUT2D eigenvalue weighted by Crippen LogP contribution is 2.28. The van der Waals surface area contributed by atoms with Crippen LogP contribution < -0.4 is 0 Å². The van der Waals surface area contributed by atoms with Gasteiger partial charge in [-0.1, -0.05) is 18.2 Å². The van der Waals surface area contributed by atoms with Gasteiger partial charge in [0.15, 0.2) is 0 Å². The lowest BCUT2D eigenvalue weighted by Gasteiger charge is -2.23. The highest BCUT2D eigenvalue weighted by molar-refractivity contribution is 5.99. The summed E-state index contributed by atoms with van der Waals surface area (Å²) in [6.45, 7) is 3.54. The number of furan rings is 1. The number of fused-ring (bicyclic) bond motifs is 1. The Balaban J connectivity index is 1.93. The normalized spacial score (nSPS) is 11.8. The third-order valence-corrected chi connectivity index (χ3v) is 4.64. The second kappa shape index (κ2) is 8.14. The van der Waals surface area contributed by atoms with Gasteiger partial charge in [0.2, 0.25) is 0 Å². The van der Waals surface area contributed by atoms with Gasteiger partial charge in [-0.15, -0.1) is 0 Å². The highest BCUT2D eigenvalue weighted by Gasteiger charge is 2.25. The summed E-state index contributed by atoms with van der Waals surface area (Å²) in [6, 6.07) is 12.4. The van der Waals surface area contributed by atoms with Crippen molar-refractivity contribution in [3.8, 4) is 0 Å². The Morgan fingerprint density at radius 3 is 2.52 bits per heavy atom. The summed E-state index contributed by atoms with van der Waals surface area (Å²) < 4.78 is 10.7. The first-order valence-electron chi connectivity index (χ1n) is 9.04. The number of amides is 1. The van der Waals surface area contributed by atoms with Crippen LogP contribution in [0.15, 0.2) is 52.9 Å². The second-order valence-corrected chi connectivity index (χ2v) is 6.52. The van der Waals surface area contributed by atoms with Crippen LogP contribution in [0.3, 0.4) is 0 Å². The molecule has 3 aromatic rings. The minimum atomic E-state index is -0.724. The summed E-state index contributed by atoms with van der Waals surface area (Å²) in [4.78, 5) is 37.0. The number of nitro benzene ring substituents is 1. The van der Waals surface area contributed by atoms with Crippen LogP contribution in [0.1, 0.15) is 46.4 Å². The molecule has 0 saturated heterocycles. The zero-order valence-electron chi connectivity index (χ0n) is 16.2. The maximum absolute atomic E-state index is 13.0. The number of nitro groups is 1. The molecule has 1 atom stereocenters. The van der Waals surface area contributed by atoms with E-state index in [1.54, 1.807) is 20.9 Å². The number of rotatable bonds is 6. The van der Waals surface area contributed by atoms with E-state index in [-0.39, 0.29) is 23.4 Å². The van der Waals surface area contributed by atoms with E-state index in [2.05, 4.69) is 0 Å². The molecule has 0 saturated carbocycles. The Labute approximate surface area is 166 Å². The highest BCUT2D eigenvalue weighted by atomic mass is 16.6. The molecule has 8 nitrogen and oxygen atoms in total. The van der Waals surface area contributed by atoms with Crippen molar-refractivity contribution < 1.29 is 23.7 Å². The second-order valence-electron chi connectivity index (χ2n) is 6.52. The molecule has 1 heterocycles. The minimum absolute atomic E-state index is 0.0210. The summed E-state index contributed by atoms with van der Waals surface area (Å²) in [5, 5.41) is 12.2. The van der Waals surface area contributed by atoms with Gasteiger partial charge in [-0.3, -0.25) is 14.9 Å². The zero-order valence-corrected chi connectivity index (χ0v) is 16.2. The lowest BCUT2D eigenvalue weighted by Crippen LogP contribution is -2.29. The number of carbonyl (C=O) groups is 2. The van der Waals surface area contributed by atoms with Crippen molar-refractivity contribution in [2.24, 2.45) is 0 Å². The summed E-state index contributed by atoms with van der Waals surface area (Å²) in [6.07, 6.45) is 0. The van der Waals surface area contributed by atoms with Crippen LogP contribution in [0.25, 0.3) is 11.0 Å². The summed E-state index contributed by atoms with van der Waals surface area (Å²) in [5.41, 5.74) is 0.320. The molecule has 0 radical (unpaired) electrons. The number of esters is 1. The van der Waals surface area contributed by atoms with Crippen LogP contribution in [-0.2, 0) is 4.74 Å². The average Bonchev–Trinajstić information content (AvgIpc) is 3.16. The third kappa shape index (κ3) is 4.11. The fourth-order valence-electron chi connectivity index (χ4n) is 2.95. The standard InChI is InChI=1S/C21H20N2O6/c1-4-28-21(25)16-9-15(10-17(11-16)23(26)27)20(24)22(3)13(2)19-12-14-7-5-6-8-18(14)29-19/h5-13H,4H2,1-3H3. The molecule has 0 bridgehead atoms. The first kappa shape index (κ1) is 20.1. The molecule has 1 unspecified atom stereocenters. The summed E-state index contributed by atoms with van der Waals surface area (Å²) >= 11 is 0. The third-order valence-electron chi connectivity index (χ3n) is 4.64. The van der Waals surface area contributed by atoms with E-state index in [0.29, 0.717) is 11.3 Å². The predicted octanol–water partition coefficient (Wildman–Crippen LogP) is 4.35. The van der Waals surface area contributed by atoms with E-state index in [1.807, 2.05) is 30.3 Å². The van der Waals surface area contributed by atoms with Gasteiger partial charge in [0, 0.05) is 30.1 Å². The van der Waals surface area contributed by atoms with E-state index in [0.717, 1.165) is 17.5 Å². The van der Waals surface area contributed by atoms with E-state index in [4.69, 9.17) is 9.15 Å². The van der Waals surface area contributed by atoms with Crippen LogP contribution in [0.4, 0.5) is 5.69 Å².